The Morgan fingerprint density at radius 3 is 1.47 bits per heavy atom. The number of hydrogen-bond donors (Lipinski definition) is 0. The van der Waals surface area contributed by atoms with E-state index in [4.69, 9.17) is 0 Å². The summed E-state index contributed by atoms with van der Waals surface area (Å²) in [5, 5.41) is 3.05. The van der Waals surface area contributed by atoms with E-state index >= 15 is 0 Å². The minimum absolute atomic E-state index is 0.511. The highest BCUT2D eigenvalue weighted by Gasteiger charge is 2.13. The van der Waals surface area contributed by atoms with Crippen molar-refractivity contribution in [3.8, 4) is 0 Å². The lowest BCUT2D eigenvalue weighted by molar-refractivity contribution is 1.74. The van der Waals surface area contributed by atoms with E-state index < -0.39 is 8.31 Å². The maximum atomic E-state index is 2.31. The largest absolute Gasteiger partial charge is 0.106 e. The molecule has 73 valence electrons. The zero-order chi connectivity index (χ0) is 10.5. The van der Waals surface area contributed by atoms with Gasteiger partial charge in [-0.1, -0.05) is 77.6 Å². The first-order chi connectivity index (χ1) is 7.42. The lowest BCUT2D eigenvalue weighted by Crippen LogP contribution is -2.46. The summed E-state index contributed by atoms with van der Waals surface area (Å²) in [4.78, 5) is 0. The fourth-order valence-corrected chi connectivity index (χ4v) is 6.36. The van der Waals surface area contributed by atoms with Crippen LogP contribution in [-0.4, -0.2) is 17.4 Å². The lowest BCUT2D eigenvalue weighted by Gasteiger charge is -2.12. The predicted molar refractivity (Wildman–Crippen MR) is 69.5 cm³/mol. The number of rotatable bonds is 3. The molecule has 0 unspecified atom stereocenters. The van der Waals surface area contributed by atoms with Gasteiger partial charge < -0.3 is 0 Å². The van der Waals surface area contributed by atoms with Gasteiger partial charge in [-0.05, 0) is 0 Å². The number of benzene rings is 2. The SMILES string of the molecule is C[Si][Si](c1ccccc1)c1ccccc1. The minimum atomic E-state index is -0.511. The van der Waals surface area contributed by atoms with Gasteiger partial charge in [0.15, 0.2) is 0 Å². The second-order valence-electron chi connectivity index (χ2n) is 3.36. The smallest absolute Gasteiger partial charge is 0.0750 e. The summed E-state index contributed by atoms with van der Waals surface area (Å²) in [7, 11) is 0.494. The molecule has 0 spiro atoms. The zero-order valence-corrected chi connectivity index (χ0v) is 10.8. The molecular formula is C13H13Si2. The van der Waals surface area contributed by atoms with Crippen LogP contribution in [-0.2, 0) is 0 Å². The van der Waals surface area contributed by atoms with Crippen molar-refractivity contribution in [1.82, 2.24) is 0 Å². The molecule has 0 aromatic heterocycles. The summed E-state index contributed by atoms with van der Waals surface area (Å²) in [6.45, 7) is 2.31. The van der Waals surface area contributed by atoms with Crippen LogP contribution in [0.1, 0.15) is 0 Å². The molecule has 0 aliphatic rings. The predicted octanol–water partition coefficient (Wildman–Crippen LogP) is 1.54. The van der Waals surface area contributed by atoms with E-state index in [9.17, 15) is 0 Å². The Morgan fingerprint density at radius 2 is 1.13 bits per heavy atom. The van der Waals surface area contributed by atoms with Crippen molar-refractivity contribution in [3.63, 3.8) is 0 Å². The summed E-state index contributed by atoms with van der Waals surface area (Å²) in [6.07, 6.45) is 0. The quantitative estimate of drug-likeness (QED) is 0.695. The maximum Gasteiger partial charge on any atom is 0.106 e. The molecule has 0 bridgehead atoms. The third-order valence-corrected chi connectivity index (χ3v) is 7.93. The van der Waals surface area contributed by atoms with Crippen molar-refractivity contribution < 1.29 is 0 Å². The van der Waals surface area contributed by atoms with Crippen LogP contribution in [0.15, 0.2) is 60.7 Å². The van der Waals surface area contributed by atoms with E-state index in [1.807, 2.05) is 0 Å². The normalized spacial score (nSPS) is 10.5. The second-order valence-corrected chi connectivity index (χ2v) is 8.76. The molecule has 0 saturated carbocycles. The van der Waals surface area contributed by atoms with Crippen molar-refractivity contribution >= 4 is 27.7 Å². The highest BCUT2D eigenvalue weighted by Crippen LogP contribution is 1.91. The van der Waals surface area contributed by atoms with Gasteiger partial charge in [0, 0.05) is 9.04 Å². The van der Waals surface area contributed by atoms with Crippen LogP contribution >= 0.6 is 0 Å². The first-order valence-electron chi connectivity index (χ1n) is 5.07. The first kappa shape index (κ1) is 10.4. The van der Waals surface area contributed by atoms with Crippen LogP contribution in [0.4, 0.5) is 0 Å². The van der Waals surface area contributed by atoms with Gasteiger partial charge in [-0.25, -0.2) is 0 Å². The Hall–Kier alpha value is -1.13. The van der Waals surface area contributed by atoms with Crippen LogP contribution in [0, 0.1) is 0 Å². The van der Waals surface area contributed by atoms with Crippen molar-refractivity contribution in [2.75, 3.05) is 0 Å². The highest BCUT2D eigenvalue weighted by atomic mass is 29.2. The van der Waals surface area contributed by atoms with Gasteiger partial charge in [-0.2, -0.15) is 0 Å². The van der Waals surface area contributed by atoms with Gasteiger partial charge in [0.25, 0.3) is 0 Å². The van der Waals surface area contributed by atoms with E-state index in [0.717, 1.165) is 9.04 Å². The molecule has 2 aromatic carbocycles. The average molecular weight is 225 g/mol. The topological polar surface area (TPSA) is 0 Å². The monoisotopic (exact) mass is 225 g/mol. The van der Waals surface area contributed by atoms with E-state index in [0.29, 0.717) is 0 Å². The third kappa shape index (κ3) is 2.46. The van der Waals surface area contributed by atoms with Crippen LogP contribution in [0.5, 0.6) is 0 Å². The average Bonchev–Trinajstić information content (AvgIpc) is 2.33. The van der Waals surface area contributed by atoms with Crippen LogP contribution in [0.25, 0.3) is 0 Å². The Labute approximate surface area is 95.2 Å². The van der Waals surface area contributed by atoms with Crippen molar-refractivity contribution in [3.05, 3.63) is 60.7 Å². The van der Waals surface area contributed by atoms with Gasteiger partial charge in [-0.3, -0.25) is 0 Å². The van der Waals surface area contributed by atoms with Gasteiger partial charge in [0.05, 0.1) is 0 Å². The maximum absolute atomic E-state index is 2.31. The molecule has 0 atom stereocenters. The molecule has 0 nitrogen and oxygen atoms in total. The summed E-state index contributed by atoms with van der Waals surface area (Å²) in [5.74, 6) is 0. The molecule has 2 rings (SSSR count). The van der Waals surface area contributed by atoms with Crippen molar-refractivity contribution in [2.45, 2.75) is 6.55 Å². The number of hydrogen-bond acceptors (Lipinski definition) is 0. The van der Waals surface area contributed by atoms with Crippen LogP contribution in [0.3, 0.4) is 0 Å². The first-order valence-corrected chi connectivity index (χ1v) is 9.07. The Kier molecular flexibility index (Phi) is 3.53. The minimum Gasteiger partial charge on any atom is -0.0750 e. The highest BCUT2D eigenvalue weighted by molar-refractivity contribution is 7.25. The summed E-state index contributed by atoms with van der Waals surface area (Å²) in [6, 6.07) is 21.8. The molecule has 0 aliphatic carbocycles. The molecule has 2 aromatic rings. The van der Waals surface area contributed by atoms with Gasteiger partial charge in [0.2, 0.25) is 0 Å². The Bertz CT molecular complexity index is 358. The summed E-state index contributed by atoms with van der Waals surface area (Å²) < 4.78 is 0. The van der Waals surface area contributed by atoms with E-state index in [1.54, 1.807) is 0 Å². The fraction of sp³-hybridized carbons (Fsp3) is 0.0769. The van der Waals surface area contributed by atoms with Gasteiger partial charge >= 0.3 is 0 Å². The molecular weight excluding hydrogens is 212 g/mol. The zero-order valence-electron chi connectivity index (χ0n) is 8.77. The third-order valence-electron chi connectivity index (χ3n) is 2.37. The van der Waals surface area contributed by atoms with E-state index in [1.165, 1.54) is 10.4 Å². The van der Waals surface area contributed by atoms with Crippen LogP contribution < -0.4 is 10.4 Å². The molecule has 0 amide bonds. The molecule has 15 heavy (non-hydrogen) atoms. The molecule has 3 radical (unpaired) electrons. The van der Waals surface area contributed by atoms with E-state index in [-0.39, 0.29) is 0 Å². The van der Waals surface area contributed by atoms with Crippen molar-refractivity contribution in [1.29, 1.82) is 0 Å². The van der Waals surface area contributed by atoms with Crippen molar-refractivity contribution in [2.24, 2.45) is 0 Å². The molecule has 0 N–H and O–H groups in total. The molecule has 2 heteroatoms. The van der Waals surface area contributed by atoms with Gasteiger partial charge in [-0.15, -0.1) is 0 Å². The molecule has 0 heterocycles. The van der Waals surface area contributed by atoms with Gasteiger partial charge in [0.1, 0.15) is 8.31 Å². The Balaban J connectivity index is 2.34. The summed E-state index contributed by atoms with van der Waals surface area (Å²) in [5.41, 5.74) is 0. The summed E-state index contributed by atoms with van der Waals surface area (Å²) >= 11 is 0. The van der Waals surface area contributed by atoms with E-state index in [2.05, 4.69) is 67.2 Å². The fourth-order valence-electron chi connectivity index (χ4n) is 1.66. The molecule has 0 saturated heterocycles. The molecule has 0 aliphatic heterocycles. The lowest BCUT2D eigenvalue weighted by atomic mass is 10.4. The standard InChI is InChI=1S/C13H13Si2/c1-14-15(12-8-4-2-5-9-12)13-10-6-3-7-11-13/h2-11H,1H3. The Morgan fingerprint density at radius 1 is 0.733 bits per heavy atom. The van der Waals surface area contributed by atoms with Crippen LogP contribution in [0.2, 0.25) is 6.55 Å². The second kappa shape index (κ2) is 5.10. The molecule has 0 fully saturated rings.